The maximum atomic E-state index is 10.9. The number of rotatable bonds is 5. The summed E-state index contributed by atoms with van der Waals surface area (Å²) in [5, 5.41) is 9.61. The predicted molar refractivity (Wildman–Crippen MR) is 65.4 cm³/mol. The van der Waals surface area contributed by atoms with Gasteiger partial charge in [0.2, 0.25) is 0 Å². The van der Waals surface area contributed by atoms with Gasteiger partial charge in [0.25, 0.3) is 0 Å². The molecule has 0 amide bonds. The minimum Gasteiger partial charge on any atom is -0.390 e. The third kappa shape index (κ3) is 5.08. The van der Waals surface area contributed by atoms with E-state index in [1.54, 1.807) is 6.92 Å². The summed E-state index contributed by atoms with van der Waals surface area (Å²) in [5.74, 6) is 0.184. The molecule has 0 bridgehead atoms. The van der Waals surface area contributed by atoms with Gasteiger partial charge in [-0.25, -0.2) is 0 Å². The maximum Gasteiger partial charge on any atom is 0.134 e. The quantitative estimate of drug-likeness (QED) is 0.828. The van der Waals surface area contributed by atoms with E-state index in [4.69, 9.17) is 0 Å². The van der Waals surface area contributed by atoms with E-state index in [9.17, 15) is 9.90 Å². The number of Topliss-reactive ketones (excluding diaryl/α,β-unsaturated/α-hetero) is 1. The molecule has 1 rings (SSSR count). The largest absolute Gasteiger partial charge is 0.390 e. The van der Waals surface area contributed by atoms with Crippen LogP contribution >= 0.6 is 0 Å². The summed E-state index contributed by atoms with van der Waals surface area (Å²) in [6.45, 7) is 5.23. The highest BCUT2D eigenvalue weighted by molar-refractivity contribution is 5.78. The Balaban J connectivity index is 2.55. The number of ketones is 1. The van der Waals surface area contributed by atoms with Gasteiger partial charge in [-0.3, -0.25) is 4.79 Å². The fourth-order valence-electron chi connectivity index (χ4n) is 1.56. The van der Waals surface area contributed by atoms with Crippen molar-refractivity contribution in [3.05, 3.63) is 35.4 Å². The third-order valence-corrected chi connectivity index (χ3v) is 2.50. The summed E-state index contributed by atoms with van der Waals surface area (Å²) in [4.78, 5) is 10.9. The molecule has 1 aromatic carbocycles. The van der Waals surface area contributed by atoms with Crippen LogP contribution in [0.25, 0.3) is 0 Å². The molecule has 0 aliphatic rings. The highest BCUT2D eigenvalue weighted by Crippen LogP contribution is 2.14. The fraction of sp³-hybridized carbons (Fsp3) is 0.500. The van der Waals surface area contributed by atoms with E-state index in [1.807, 2.05) is 38.1 Å². The van der Waals surface area contributed by atoms with Crippen molar-refractivity contribution >= 4 is 5.78 Å². The van der Waals surface area contributed by atoms with E-state index in [1.165, 1.54) is 5.56 Å². The van der Waals surface area contributed by atoms with Gasteiger partial charge in [0.15, 0.2) is 0 Å². The second-order valence-electron chi connectivity index (χ2n) is 5.01. The number of hydrogen-bond acceptors (Lipinski definition) is 2. The molecule has 2 heteroatoms. The monoisotopic (exact) mass is 220 g/mol. The SMILES string of the molecule is CC(=O)Cc1ccc(CCC(C)(C)O)cc1. The lowest BCUT2D eigenvalue weighted by Crippen LogP contribution is -2.19. The van der Waals surface area contributed by atoms with E-state index in [-0.39, 0.29) is 5.78 Å². The lowest BCUT2D eigenvalue weighted by atomic mass is 9.98. The highest BCUT2D eigenvalue weighted by Gasteiger charge is 2.11. The Bertz CT molecular complexity index is 344. The van der Waals surface area contributed by atoms with E-state index in [2.05, 4.69) is 0 Å². The Morgan fingerprint density at radius 2 is 1.69 bits per heavy atom. The topological polar surface area (TPSA) is 37.3 Å². The molecule has 0 unspecified atom stereocenters. The van der Waals surface area contributed by atoms with Crippen LogP contribution in [0.3, 0.4) is 0 Å². The number of carbonyl (C=O) groups is 1. The molecular weight excluding hydrogens is 200 g/mol. The molecule has 2 nitrogen and oxygen atoms in total. The summed E-state index contributed by atoms with van der Waals surface area (Å²) in [6.07, 6.45) is 2.12. The highest BCUT2D eigenvalue weighted by atomic mass is 16.3. The number of benzene rings is 1. The van der Waals surface area contributed by atoms with Gasteiger partial charge in [-0.05, 0) is 44.7 Å². The lowest BCUT2D eigenvalue weighted by molar-refractivity contribution is -0.116. The van der Waals surface area contributed by atoms with Gasteiger partial charge < -0.3 is 5.11 Å². The van der Waals surface area contributed by atoms with Crippen molar-refractivity contribution in [2.24, 2.45) is 0 Å². The van der Waals surface area contributed by atoms with E-state index < -0.39 is 5.60 Å². The number of aryl methyl sites for hydroxylation is 1. The van der Waals surface area contributed by atoms with Crippen molar-refractivity contribution in [3.63, 3.8) is 0 Å². The van der Waals surface area contributed by atoms with Crippen LogP contribution in [0.4, 0.5) is 0 Å². The summed E-state index contributed by atoms with van der Waals surface area (Å²) >= 11 is 0. The first-order valence-electron chi connectivity index (χ1n) is 5.66. The van der Waals surface area contributed by atoms with Gasteiger partial charge in [-0.2, -0.15) is 0 Å². The minimum absolute atomic E-state index is 0.184. The molecule has 16 heavy (non-hydrogen) atoms. The van der Waals surface area contributed by atoms with Gasteiger partial charge >= 0.3 is 0 Å². The van der Waals surface area contributed by atoms with E-state index in [0.29, 0.717) is 6.42 Å². The van der Waals surface area contributed by atoms with E-state index in [0.717, 1.165) is 18.4 Å². The minimum atomic E-state index is -0.613. The Labute approximate surface area is 97.3 Å². The molecule has 0 aliphatic heterocycles. The smallest absolute Gasteiger partial charge is 0.134 e. The molecule has 88 valence electrons. The van der Waals surface area contributed by atoms with Crippen molar-refractivity contribution in [1.29, 1.82) is 0 Å². The van der Waals surface area contributed by atoms with Crippen molar-refractivity contribution < 1.29 is 9.90 Å². The molecule has 0 spiro atoms. The zero-order valence-corrected chi connectivity index (χ0v) is 10.3. The average Bonchev–Trinajstić information content (AvgIpc) is 2.14. The molecule has 0 saturated heterocycles. The Morgan fingerprint density at radius 1 is 1.19 bits per heavy atom. The second-order valence-corrected chi connectivity index (χ2v) is 5.01. The normalized spacial score (nSPS) is 11.5. The maximum absolute atomic E-state index is 10.9. The van der Waals surface area contributed by atoms with Crippen LogP contribution in [0.15, 0.2) is 24.3 Å². The van der Waals surface area contributed by atoms with E-state index >= 15 is 0 Å². The molecule has 0 saturated carbocycles. The molecule has 1 N–H and O–H groups in total. The molecular formula is C14H20O2. The molecule has 0 fully saturated rings. The van der Waals surface area contributed by atoms with Crippen molar-refractivity contribution in [3.8, 4) is 0 Å². The van der Waals surface area contributed by atoms with Gasteiger partial charge in [-0.15, -0.1) is 0 Å². The number of carbonyl (C=O) groups excluding carboxylic acids is 1. The molecule has 0 aromatic heterocycles. The van der Waals surface area contributed by atoms with Crippen molar-refractivity contribution in [2.75, 3.05) is 0 Å². The summed E-state index contributed by atoms with van der Waals surface area (Å²) in [6, 6.07) is 8.04. The Kier molecular flexibility index (Phi) is 4.25. The predicted octanol–water partition coefficient (Wildman–Crippen LogP) is 2.52. The van der Waals surface area contributed by atoms with Crippen LogP contribution in [0, 0.1) is 0 Å². The van der Waals surface area contributed by atoms with Crippen LogP contribution in [0.1, 0.15) is 38.3 Å². The van der Waals surface area contributed by atoms with Crippen LogP contribution in [0.2, 0.25) is 0 Å². The summed E-state index contributed by atoms with van der Waals surface area (Å²) in [7, 11) is 0. The summed E-state index contributed by atoms with van der Waals surface area (Å²) < 4.78 is 0. The first-order valence-corrected chi connectivity index (χ1v) is 5.66. The van der Waals surface area contributed by atoms with Gasteiger partial charge in [0, 0.05) is 6.42 Å². The molecule has 0 aliphatic carbocycles. The fourth-order valence-corrected chi connectivity index (χ4v) is 1.56. The van der Waals surface area contributed by atoms with Gasteiger partial charge in [0.05, 0.1) is 5.60 Å². The van der Waals surface area contributed by atoms with Crippen LogP contribution in [-0.2, 0) is 17.6 Å². The van der Waals surface area contributed by atoms with Gasteiger partial charge in [-0.1, -0.05) is 24.3 Å². The van der Waals surface area contributed by atoms with Crippen molar-refractivity contribution in [1.82, 2.24) is 0 Å². The third-order valence-electron chi connectivity index (χ3n) is 2.50. The van der Waals surface area contributed by atoms with Crippen LogP contribution in [-0.4, -0.2) is 16.5 Å². The Morgan fingerprint density at radius 3 is 2.12 bits per heavy atom. The first-order chi connectivity index (χ1) is 7.37. The summed E-state index contributed by atoms with van der Waals surface area (Å²) in [5.41, 5.74) is 1.65. The number of hydrogen-bond donors (Lipinski definition) is 1. The molecule has 1 aromatic rings. The molecule has 0 heterocycles. The number of aliphatic hydroxyl groups is 1. The molecule has 0 atom stereocenters. The van der Waals surface area contributed by atoms with Crippen molar-refractivity contribution in [2.45, 2.75) is 45.6 Å². The van der Waals surface area contributed by atoms with Crippen LogP contribution < -0.4 is 0 Å². The zero-order chi connectivity index (χ0) is 12.2. The van der Waals surface area contributed by atoms with Gasteiger partial charge in [0.1, 0.15) is 5.78 Å². The molecule has 0 radical (unpaired) electrons. The second kappa shape index (κ2) is 5.26. The standard InChI is InChI=1S/C14H20O2/c1-11(15)10-13-6-4-12(5-7-13)8-9-14(2,3)16/h4-7,16H,8-10H2,1-3H3. The Hall–Kier alpha value is -1.15. The zero-order valence-electron chi connectivity index (χ0n) is 10.3. The van der Waals surface area contributed by atoms with Crippen LogP contribution in [0.5, 0.6) is 0 Å². The lowest BCUT2D eigenvalue weighted by Gasteiger charge is -2.16. The first kappa shape index (κ1) is 12.9. The average molecular weight is 220 g/mol.